The maximum absolute atomic E-state index is 8.76. The Morgan fingerprint density at radius 1 is 1.15 bits per heavy atom. The van der Waals surface area contributed by atoms with Crippen LogP contribution in [0.15, 0.2) is 36.5 Å². The number of aliphatic hydroxyl groups is 1. The Morgan fingerprint density at radius 3 is 2.70 bits per heavy atom. The zero-order valence-electron chi connectivity index (χ0n) is 11.9. The van der Waals surface area contributed by atoms with Crippen LogP contribution in [0.3, 0.4) is 0 Å². The predicted molar refractivity (Wildman–Crippen MR) is 78.0 cm³/mol. The second kappa shape index (κ2) is 7.77. The van der Waals surface area contributed by atoms with E-state index in [9.17, 15) is 0 Å². The first-order valence-electron chi connectivity index (χ1n) is 7.00. The average molecular weight is 274 g/mol. The van der Waals surface area contributed by atoms with Gasteiger partial charge in [-0.15, -0.1) is 5.10 Å². The van der Waals surface area contributed by atoms with Crippen LogP contribution in [0.2, 0.25) is 0 Å². The summed E-state index contributed by atoms with van der Waals surface area (Å²) in [5, 5.41) is 17.0. The molecule has 20 heavy (non-hydrogen) atoms. The summed E-state index contributed by atoms with van der Waals surface area (Å²) in [7, 11) is 2.08. The zero-order chi connectivity index (χ0) is 14.2. The summed E-state index contributed by atoms with van der Waals surface area (Å²) in [4.78, 5) is 2.22. The van der Waals surface area contributed by atoms with Gasteiger partial charge in [-0.1, -0.05) is 35.5 Å². The minimum absolute atomic E-state index is 0.237. The van der Waals surface area contributed by atoms with Gasteiger partial charge in [0.1, 0.15) is 0 Å². The molecule has 0 atom stereocenters. The fourth-order valence-corrected chi connectivity index (χ4v) is 2.13. The van der Waals surface area contributed by atoms with E-state index in [1.54, 1.807) is 0 Å². The number of hydrogen-bond acceptors (Lipinski definition) is 4. The highest BCUT2D eigenvalue weighted by molar-refractivity contribution is 5.14. The SMILES string of the molecule is CN(Cc1ccccc1)Cc1cn(CCCCO)nn1. The van der Waals surface area contributed by atoms with Gasteiger partial charge in [-0.25, -0.2) is 0 Å². The second-order valence-electron chi connectivity index (χ2n) is 5.06. The number of unbranched alkanes of at least 4 members (excludes halogenated alkanes) is 1. The maximum atomic E-state index is 8.76. The van der Waals surface area contributed by atoms with Crippen molar-refractivity contribution in [3.63, 3.8) is 0 Å². The molecular weight excluding hydrogens is 252 g/mol. The number of aliphatic hydroxyl groups excluding tert-OH is 1. The molecule has 2 rings (SSSR count). The van der Waals surface area contributed by atoms with Crippen molar-refractivity contribution in [2.24, 2.45) is 0 Å². The summed E-state index contributed by atoms with van der Waals surface area (Å²) in [6.07, 6.45) is 3.72. The fourth-order valence-electron chi connectivity index (χ4n) is 2.13. The molecule has 0 aliphatic rings. The van der Waals surface area contributed by atoms with E-state index in [1.165, 1.54) is 5.56 Å². The van der Waals surface area contributed by atoms with Gasteiger partial charge in [-0.2, -0.15) is 0 Å². The monoisotopic (exact) mass is 274 g/mol. The van der Waals surface area contributed by atoms with E-state index < -0.39 is 0 Å². The van der Waals surface area contributed by atoms with Crippen molar-refractivity contribution >= 4 is 0 Å². The van der Waals surface area contributed by atoms with Crippen molar-refractivity contribution in [1.29, 1.82) is 0 Å². The van der Waals surface area contributed by atoms with Gasteiger partial charge >= 0.3 is 0 Å². The van der Waals surface area contributed by atoms with Crippen molar-refractivity contribution in [3.8, 4) is 0 Å². The summed E-state index contributed by atoms with van der Waals surface area (Å²) in [5.41, 5.74) is 2.28. The van der Waals surface area contributed by atoms with Crippen LogP contribution < -0.4 is 0 Å². The highest BCUT2D eigenvalue weighted by atomic mass is 16.2. The maximum Gasteiger partial charge on any atom is 0.0967 e. The van der Waals surface area contributed by atoms with Crippen molar-refractivity contribution in [3.05, 3.63) is 47.8 Å². The molecule has 0 fully saturated rings. The third-order valence-electron chi connectivity index (χ3n) is 3.11. The molecule has 0 radical (unpaired) electrons. The quantitative estimate of drug-likeness (QED) is 0.744. The molecule has 0 bridgehead atoms. The Morgan fingerprint density at radius 2 is 1.95 bits per heavy atom. The van der Waals surface area contributed by atoms with Crippen LogP contribution in [0.4, 0.5) is 0 Å². The van der Waals surface area contributed by atoms with Crippen LogP contribution in [-0.4, -0.2) is 38.7 Å². The standard InChI is InChI=1S/C15H22N4O/c1-18(11-14-7-3-2-4-8-14)12-15-13-19(17-16-15)9-5-6-10-20/h2-4,7-8,13,20H,5-6,9-12H2,1H3. The molecule has 0 unspecified atom stereocenters. The van der Waals surface area contributed by atoms with E-state index in [0.29, 0.717) is 0 Å². The molecule has 0 saturated carbocycles. The zero-order valence-corrected chi connectivity index (χ0v) is 11.9. The van der Waals surface area contributed by atoms with Gasteiger partial charge in [0.15, 0.2) is 0 Å². The van der Waals surface area contributed by atoms with Crippen molar-refractivity contribution in [1.82, 2.24) is 19.9 Å². The third-order valence-corrected chi connectivity index (χ3v) is 3.11. The lowest BCUT2D eigenvalue weighted by Gasteiger charge is -2.14. The number of aryl methyl sites for hydroxylation is 1. The van der Waals surface area contributed by atoms with Gasteiger partial charge < -0.3 is 5.11 Å². The Labute approximate surface area is 119 Å². The summed E-state index contributed by atoms with van der Waals surface area (Å²) < 4.78 is 1.85. The summed E-state index contributed by atoms with van der Waals surface area (Å²) in [5.74, 6) is 0. The van der Waals surface area contributed by atoms with E-state index in [1.807, 2.05) is 16.9 Å². The molecule has 0 saturated heterocycles. The molecule has 1 aromatic carbocycles. The molecule has 0 amide bonds. The molecule has 0 aliphatic heterocycles. The van der Waals surface area contributed by atoms with Crippen LogP contribution in [0.5, 0.6) is 0 Å². The van der Waals surface area contributed by atoms with Gasteiger partial charge in [0.05, 0.1) is 5.69 Å². The molecule has 5 heteroatoms. The lowest BCUT2D eigenvalue weighted by molar-refractivity contribution is 0.280. The van der Waals surface area contributed by atoms with Gasteiger partial charge in [0, 0.05) is 32.4 Å². The normalized spacial score (nSPS) is 11.2. The number of rotatable bonds is 8. The minimum atomic E-state index is 0.237. The lowest BCUT2D eigenvalue weighted by atomic mass is 10.2. The topological polar surface area (TPSA) is 54.2 Å². The minimum Gasteiger partial charge on any atom is -0.396 e. The molecule has 0 spiro atoms. The number of aromatic nitrogens is 3. The Balaban J connectivity index is 1.80. The largest absolute Gasteiger partial charge is 0.396 e. The van der Waals surface area contributed by atoms with Gasteiger partial charge in [-0.05, 0) is 25.5 Å². The molecule has 1 N–H and O–H groups in total. The van der Waals surface area contributed by atoms with Crippen molar-refractivity contribution in [2.75, 3.05) is 13.7 Å². The van der Waals surface area contributed by atoms with E-state index in [0.717, 1.165) is 38.2 Å². The Kier molecular flexibility index (Phi) is 5.70. The molecule has 1 heterocycles. The Hall–Kier alpha value is -1.72. The molecule has 1 aromatic heterocycles. The van der Waals surface area contributed by atoms with Crippen molar-refractivity contribution < 1.29 is 5.11 Å². The van der Waals surface area contributed by atoms with Gasteiger partial charge in [0.2, 0.25) is 0 Å². The fraction of sp³-hybridized carbons (Fsp3) is 0.467. The third kappa shape index (κ3) is 4.75. The Bertz CT molecular complexity index is 498. The van der Waals surface area contributed by atoms with Crippen LogP contribution in [0, 0.1) is 0 Å². The van der Waals surface area contributed by atoms with E-state index >= 15 is 0 Å². The number of nitrogens with zero attached hydrogens (tertiary/aromatic N) is 4. The highest BCUT2D eigenvalue weighted by Gasteiger charge is 2.05. The van der Waals surface area contributed by atoms with Crippen LogP contribution in [-0.2, 0) is 19.6 Å². The summed E-state index contributed by atoms with van der Waals surface area (Å²) in [6, 6.07) is 10.4. The van der Waals surface area contributed by atoms with E-state index in [2.05, 4.69) is 46.5 Å². The van der Waals surface area contributed by atoms with E-state index in [-0.39, 0.29) is 6.61 Å². The second-order valence-corrected chi connectivity index (χ2v) is 5.06. The molecule has 0 aliphatic carbocycles. The lowest BCUT2D eigenvalue weighted by Crippen LogP contribution is -2.17. The molecule has 108 valence electrons. The van der Waals surface area contributed by atoms with Crippen LogP contribution in [0.1, 0.15) is 24.1 Å². The molecular formula is C15H22N4O. The number of hydrogen-bond donors (Lipinski definition) is 1. The summed E-state index contributed by atoms with van der Waals surface area (Å²) in [6.45, 7) is 2.74. The van der Waals surface area contributed by atoms with Crippen molar-refractivity contribution in [2.45, 2.75) is 32.5 Å². The first kappa shape index (κ1) is 14.7. The first-order valence-corrected chi connectivity index (χ1v) is 7.00. The van der Waals surface area contributed by atoms with E-state index in [4.69, 9.17) is 5.11 Å². The molecule has 2 aromatic rings. The smallest absolute Gasteiger partial charge is 0.0967 e. The number of benzene rings is 1. The average Bonchev–Trinajstić information content (AvgIpc) is 2.87. The van der Waals surface area contributed by atoms with Gasteiger partial charge in [0.25, 0.3) is 0 Å². The van der Waals surface area contributed by atoms with Crippen LogP contribution in [0.25, 0.3) is 0 Å². The summed E-state index contributed by atoms with van der Waals surface area (Å²) >= 11 is 0. The van der Waals surface area contributed by atoms with Gasteiger partial charge in [-0.3, -0.25) is 9.58 Å². The molecule has 5 nitrogen and oxygen atoms in total. The first-order chi connectivity index (χ1) is 9.78. The predicted octanol–water partition coefficient (Wildman–Crippen LogP) is 1.68. The van der Waals surface area contributed by atoms with Crippen LogP contribution >= 0.6 is 0 Å². The highest BCUT2D eigenvalue weighted by Crippen LogP contribution is 2.06.